The molecule has 1 aliphatic carbocycles. The van der Waals surface area contributed by atoms with Gasteiger partial charge in [0.1, 0.15) is 0 Å². The average molecular weight is 453 g/mol. The van der Waals surface area contributed by atoms with Crippen molar-refractivity contribution in [3.8, 4) is 0 Å². The first-order chi connectivity index (χ1) is 14.2. The maximum absolute atomic E-state index is 12.6. The fraction of sp³-hybridized carbons (Fsp3) is 0.619. The summed E-state index contributed by atoms with van der Waals surface area (Å²) in [4.78, 5) is 17.3. The Kier molecular flexibility index (Phi) is 7.47. The minimum Gasteiger partial charge on any atom is -0.352 e. The van der Waals surface area contributed by atoms with Crippen molar-refractivity contribution < 1.29 is 13.2 Å². The number of primary sulfonamides is 1. The lowest BCUT2D eigenvalue weighted by atomic mass is 9.78. The van der Waals surface area contributed by atoms with Gasteiger partial charge in [-0.15, -0.1) is 0 Å². The number of rotatable bonds is 8. The largest absolute Gasteiger partial charge is 0.352 e. The maximum Gasteiger partial charge on any atom is 0.238 e. The molecule has 1 heterocycles. The summed E-state index contributed by atoms with van der Waals surface area (Å²) >= 11 is 1.39. The van der Waals surface area contributed by atoms with Crippen molar-refractivity contribution in [2.75, 3.05) is 5.75 Å². The molecule has 166 valence electrons. The molecule has 1 aliphatic rings. The molecule has 3 N–H and O–H groups in total. The van der Waals surface area contributed by atoms with Crippen molar-refractivity contribution in [3.05, 3.63) is 18.2 Å². The van der Waals surface area contributed by atoms with E-state index in [2.05, 4.69) is 35.6 Å². The number of aryl methyl sites for hydroxylation is 1. The number of aromatic nitrogens is 2. The van der Waals surface area contributed by atoms with E-state index in [-0.39, 0.29) is 22.6 Å². The molecule has 0 aliphatic heterocycles. The van der Waals surface area contributed by atoms with Gasteiger partial charge in [0.2, 0.25) is 15.9 Å². The number of carbonyl (C=O) groups is 1. The van der Waals surface area contributed by atoms with E-state index in [1.165, 1.54) is 30.3 Å². The van der Waals surface area contributed by atoms with Gasteiger partial charge in [-0.05, 0) is 42.9 Å². The van der Waals surface area contributed by atoms with Gasteiger partial charge in [0.25, 0.3) is 0 Å². The molecule has 2 aromatic rings. The zero-order valence-electron chi connectivity index (χ0n) is 17.9. The standard InChI is InChI=1S/C21H32N4O3S2/c1-4-5-11-25-19-10-9-16(30(22,27)28)12-18(19)24-21(25)29-13-20(26)23-17-8-6-7-14(2)15(17)3/h9-10,12,14-15,17H,4-8,11,13H2,1-3H3,(H,23,26)(H2,22,27,28)/t14-,15-,17+/m0/s1. The highest BCUT2D eigenvalue weighted by Gasteiger charge is 2.28. The maximum atomic E-state index is 12.6. The molecule has 0 bridgehead atoms. The monoisotopic (exact) mass is 452 g/mol. The van der Waals surface area contributed by atoms with Gasteiger partial charge in [-0.2, -0.15) is 0 Å². The van der Waals surface area contributed by atoms with Crippen LogP contribution in [0.25, 0.3) is 11.0 Å². The SMILES string of the molecule is CCCCn1c(SCC(=O)N[C@@H]2CCC[C@H](C)[C@@H]2C)nc2cc(S(N)(=O)=O)ccc21. The van der Waals surface area contributed by atoms with Crippen LogP contribution >= 0.6 is 11.8 Å². The number of imidazole rings is 1. The van der Waals surface area contributed by atoms with Crippen LogP contribution in [0.3, 0.4) is 0 Å². The number of hydrogen-bond acceptors (Lipinski definition) is 5. The van der Waals surface area contributed by atoms with Gasteiger partial charge in [-0.1, -0.05) is 51.8 Å². The van der Waals surface area contributed by atoms with Crippen molar-refractivity contribution in [3.63, 3.8) is 0 Å². The number of thioether (sulfide) groups is 1. The van der Waals surface area contributed by atoms with Crippen molar-refractivity contribution >= 4 is 38.7 Å². The summed E-state index contributed by atoms with van der Waals surface area (Å²) in [6.07, 6.45) is 5.41. The summed E-state index contributed by atoms with van der Waals surface area (Å²) in [5, 5.41) is 9.19. The molecule has 30 heavy (non-hydrogen) atoms. The Bertz CT molecular complexity index is 1000. The van der Waals surface area contributed by atoms with Crippen LogP contribution in [-0.4, -0.2) is 35.7 Å². The number of benzene rings is 1. The molecule has 1 aromatic heterocycles. The van der Waals surface area contributed by atoms with Crippen LogP contribution < -0.4 is 10.5 Å². The summed E-state index contributed by atoms with van der Waals surface area (Å²) in [7, 11) is -3.79. The lowest BCUT2D eigenvalue weighted by Crippen LogP contribution is -2.44. The van der Waals surface area contributed by atoms with Crippen molar-refractivity contribution in [1.82, 2.24) is 14.9 Å². The second-order valence-electron chi connectivity index (χ2n) is 8.33. The van der Waals surface area contributed by atoms with Crippen LogP contribution in [0.15, 0.2) is 28.3 Å². The fourth-order valence-corrected chi connectivity index (χ4v) is 5.46. The molecule has 7 nitrogen and oxygen atoms in total. The Morgan fingerprint density at radius 1 is 1.33 bits per heavy atom. The predicted molar refractivity (Wildman–Crippen MR) is 121 cm³/mol. The Morgan fingerprint density at radius 2 is 2.10 bits per heavy atom. The summed E-state index contributed by atoms with van der Waals surface area (Å²) in [6.45, 7) is 7.35. The first-order valence-electron chi connectivity index (χ1n) is 10.7. The molecule has 9 heteroatoms. The Hall–Kier alpha value is -1.58. The Morgan fingerprint density at radius 3 is 2.80 bits per heavy atom. The van der Waals surface area contributed by atoms with Crippen molar-refractivity contribution in [1.29, 1.82) is 0 Å². The molecule has 3 atom stereocenters. The number of amides is 1. The number of nitrogens with one attached hydrogen (secondary N) is 1. The van der Waals surface area contributed by atoms with Crippen LogP contribution in [0.4, 0.5) is 0 Å². The molecular weight excluding hydrogens is 420 g/mol. The molecule has 1 fully saturated rings. The van der Waals surface area contributed by atoms with Crippen LogP contribution in [0.5, 0.6) is 0 Å². The molecule has 1 aromatic carbocycles. The van der Waals surface area contributed by atoms with E-state index in [1.807, 2.05) is 0 Å². The summed E-state index contributed by atoms with van der Waals surface area (Å²) in [5.41, 5.74) is 1.43. The molecule has 0 unspecified atom stereocenters. The van der Waals surface area contributed by atoms with Crippen LogP contribution in [0.1, 0.15) is 52.9 Å². The van der Waals surface area contributed by atoms with E-state index in [0.29, 0.717) is 17.4 Å². The van der Waals surface area contributed by atoms with E-state index in [9.17, 15) is 13.2 Å². The normalized spacial score (nSPS) is 22.3. The van der Waals surface area contributed by atoms with Crippen LogP contribution in [0.2, 0.25) is 0 Å². The third kappa shape index (κ3) is 5.36. The van der Waals surface area contributed by atoms with Gasteiger partial charge in [-0.3, -0.25) is 4.79 Å². The second kappa shape index (κ2) is 9.70. The summed E-state index contributed by atoms with van der Waals surface area (Å²) in [6, 6.07) is 4.99. The van der Waals surface area contributed by atoms with Gasteiger partial charge in [0.15, 0.2) is 5.16 Å². The smallest absolute Gasteiger partial charge is 0.238 e. The second-order valence-corrected chi connectivity index (χ2v) is 10.8. The number of nitrogens with two attached hydrogens (primary N) is 1. The molecule has 0 radical (unpaired) electrons. The fourth-order valence-electron chi connectivity index (χ4n) is 4.07. The topological polar surface area (TPSA) is 107 Å². The number of sulfonamides is 1. The van der Waals surface area contributed by atoms with Gasteiger partial charge in [0.05, 0.1) is 21.7 Å². The highest BCUT2D eigenvalue weighted by Crippen LogP contribution is 2.30. The van der Waals surface area contributed by atoms with Crippen molar-refractivity contribution in [2.45, 2.75) is 75.5 Å². The lowest BCUT2D eigenvalue weighted by Gasteiger charge is -2.34. The highest BCUT2D eigenvalue weighted by atomic mass is 32.2. The van der Waals surface area contributed by atoms with E-state index < -0.39 is 10.0 Å². The average Bonchev–Trinajstić information content (AvgIpc) is 3.04. The zero-order chi connectivity index (χ0) is 21.9. The number of carbonyl (C=O) groups excluding carboxylic acids is 1. The van der Waals surface area contributed by atoms with Crippen LogP contribution in [-0.2, 0) is 21.4 Å². The zero-order valence-corrected chi connectivity index (χ0v) is 19.6. The van der Waals surface area contributed by atoms with Crippen LogP contribution in [0, 0.1) is 11.8 Å². The third-order valence-electron chi connectivity index (χ3n) is 6.13. The molecule has 0 spiro atoms. The summed E-state index contributed by atoms with van der Waals surface area (Å²) < 4.78 is 25.4. The van der Waals surface area contributed by atoms with E-state index in [4.69, 9.17) is 5.14 Å². The molecule has 1 amide bonds. The number of nitrogens with zero attached hydrogens (tertiary/aromatic N) is 2. The van der Waals surface area contributed by atoms with Gasteiger partial charge < -0.3 is 9.88 Å². The molecule has 3 rings (SSSR count). The third-order valence-corrected chi connectivity index (χ3v) is 8.02. The minimum absolute atomic E-state index is 0.0188. The highest BCUT2D eigenvalue weighted by molar-refractivity contribution is 7.99. The van der Waals surface area contributed by atoms with E-state index >= 15 is 0 Å². The Labute approximate surface area is 183 Å². The number of unbranched alkanes of at least 4 members (excludes halogenated alkanes) is 1. The first kappa shape index (κ1) is 23.1. The summed E-state index contributed by atoms with van der Waals surface area (Å²) in [5.74, 6) is 1.42. The Balaban J connectivity index is 1.76. The van der Waals surface area contributed by atoms with E-state index in [0.717, 1.165) is 42.9 Å². The molecule has 1 saturated carbocycles. The molecular formula is C21H32N4O3S2. The molecule has 0 saturated heterocycles. The van der Waals surface area contributed by atoms with Gasteiger partial charge >= 0.3 is 0 Å². The van der Waals surface area contributed by atoms with Gasteiger partial charge in [-0.25, -0.2) is 18.5 Å². The predicted octanol–water partition coefficient (Wildman–Crippen LogP) is 3.52. The number of fused-ring (bicyclic) bond motifs is 1. The lowest BCUT2D eigenvalue weighted by molar-refractivity contribution is -0.120. The number of hydrogen-bond donors (Lipinski definition) is 2. The van der Waals surface area contributed by atoms with Crippen molar-refractivity contribution in [2.24, 2.45) is 17.0 Å². The van der Waals surface area contributed by atoms with Gasteiger partial charge in [0, 0.05) is 12.6 Å². The first-order valence-corrected chi connectivity index (χ1v) is 13.2. The van der Waals surface area contributed by atoms with E-state index in [1.54, 1.807) is 6.07 Å². The quantitative estimate of drug-likeness (QED) is 0.596. The minimum atomic E-state index is -3.79.